The van der Waals surface area contributed by atoms with E-state index in [4.69, 9.17) is 4.74 Å². The summed E-state index contributed by atoms with van der Waals surface area (Å²) in [6.07, 6.45) is 3.01. The van der Waals surface area contributed by atoms with Gasteiger partial charge in [-0.3, -0.25) is 9.10 Å². The number of carbonyl (C=O) groups is 1. The van der Waals surface area contributed by atoms with Gasteiger partial charge in [-0.2, -0.15) is 5.10 Å². The molecule has 7 nitrogen and oxygen atoms in total. The van der Waals surface area contributed by atoms with Crippen molar-refractivity contribution in [2.45, 2.75) is 11.8 Å². The summed E-state index contributed by atoms with van der Waals surface area (Å²) in [5.74, 6) is -0.912. The molecule has 34 heavy (non-hydrogen) atoms. The number of aryl methyl sites for hydroxylation is 1. The summed E-state index contributed by atoms with van der Waals surface area (Å²) in [7, 11) is -4.22. The molecule has 176 valence electrons. The predicted octanol–water partition coefficient (Wildman–Crippen LogP) is 4.04. The second-order valence-electron chi connectivity index (χ2n) is 7.24. The van der Waals surface area contributed by atoms with Crippen LogP contribution >= 0.6 is 0 Å². The number of hydrogen-bond acceptors (Lipinski definition) is 5. The first-order valence-electron chi connectivity index (χ1n) is 10.3. The van der Waals surface area contributed by atoms with Gasteiger partial charge in [-0.25, -0.2) is 18.2 Å². The highest BCUT2D eigenvalue weighted by Gasteiger charge is 2.29. The monoisotopic (exact) mass is 481 g/mol. The Morgan fingerprint density at radius 2 is 1.85 bits per heavy atom. The normalized spacial score (nSPS) is 11.2. The molecule has 0 bridgehead atoms. The topological polar surface area (TPSA) is 88.1 Å². The fourth-order valence-electron chi connectivity index (χ4n) is 2.98. The van der Waals surface area contributed by atoms with Gasteiger partial charge in [0.2, 0.25) is 0 Å². The Morgan fingerprint density at radius 3 is 2.56 bits per heavy atom. The predicted molar refractivity (Wildman–Crippen MR) is 130 cm³/mol. The number of sulfonamides is 1. The number of amides is 1. The number of hydrogen-bond donors (Lipinski definition) is 1. The van der Waals surface area contributed by atoms with Gasteiger partial charge in [0.25, 0.3) is 15.9 Å². The molecule has 0 unspecified atom stereocenters. The third kappa shape index (κ3) is 6.29. The molecule has 0 fully saturated rings. The number of para-hydroxylation sites is 1. The Morgan fingerprint density at radius 1 is 1.12 bits per heavy atom. The number of hydrazone groups is 1. The zero-order valence-electron chi connectivity index (χ0n) is 18.5. The van der Waals surface area contributed by atoms with E-state index in [0.717, 1.165) is 15.9 Å². The molecule has 0 aliphatic carbocycles. The zero-order chi connectivity index (χ0) is 24.6. The van der Waals surface area contributed by atoms with Gasteiger partial charge >= 0.3 is 0 Å². The number of carbonyl (C=O) groups excluding carboxylic acids is 1. The van der Waals surface area contributed by atoms with Crippen LogP contribution in [0.2, 0.25) is 0 Å². The quantitative estimate of drug-likeness (QED) is 0.269. The van der Waals surface area contributed by atoms with E-state index < -0.39 is 28.3 Å². The summed E-state index contributed by atoms with van der Waals surface area (Å²) < 4.78 is 47.2. The van der Waals surface area contributed by atoms with E-state index in [2.05, 4.69) is 17.1 Å². The maximum absolute atomic E-state index is 14.5. The van der Waals surface area contributed by atoms with Crippen LogP contribution < -0.4 is 14.5 Å². The molecule has 0 radical (unpaired) electrons. The molecule has 3 aromatic rings. The minimum Gasteiger partial charge on any atom is -0.490 e. The van der Waals surface area contributed by atoms with Crippen molar-refractivity contribution in [1.82, 2.24) is 5.43 Å². The van der Waals surface area contributed by atoms with Gasteiger partial charge in [0.1, 0.15) is 24.7 Å². The van der Waals surface area contributed by atoms with Crippen LogP contribution in [0.25, 0.3) is 0 Å². The lowest BCUT2D eigenvalue weighted by Gasteiger charge is -2.24. The Labute approximate surface area is 198 Å². The molecule has 3 rings (SSSR count). The average molecular weight is 482 g/mol. The van der Waals surface area contributed by atoms with Crippen LogP contribution in [0.3, 0.4) is 0 Å². The largest absolute Gasteiger partial charge is 0.490 e. The van der Waals surface area contributed by atoms with E-state index in [9.17, 15) is 17.6 Å². The van der Waals surface area contributed by atoms with Crippen LogP contribution in [0.4, 0.5) is 10.1 Å². The maximum atomic E-state index is 14.5. The first-order valence-corrected chi connectivity index (χ1v) is 11.7. The van der Waals surface area contributed by atoms with Gasteiger partial charge in [-0.1, -0.05) is 54.6 Å². The highest BCUT2D eigenvalue weighted by atomic mass is 32.2. The van der Waals surface area contributed by atoms with Crippen LogP contribution in [0.15, 0.2) is 95.4 Å². The van der Waals surface area contributed by atoms with Gasteiger partial charge < -0.3 is 4.74 Å². The smallest absolute Gasteiger partial charge is 0.264 e. The molecule has 0 aliphatic rings. The van der Waals surface area contributed by atoms with Crippen LogP contribution in [-0.4, -0.2) is 33.7 Å². The molecule has 0 aliphatic heterocycles. The van der Waals surface area contributed by atoms with Crippen LogP contribution in [0.1, 0.15) is 11.1 Å². The highest BCUT2D eigenvalue weighted by Crippen LogP contribution is 2.26. The maximum Gasteiger partial charge on any atom is 0.264 e. The molecule has 0 spiro atoms. The van der Waals surface area contributed by atoms with Crippen molar-refractivity contribution in [3.63, 3.8) is 0 Å². The number of nitrogens with one attached hydrogen (secondary N) is 1. The lowest BCUT2D eigenvalue weighted by molar-refractivity contribution is -0.119. The zero-order valence-corrected chi connectivity index (χ0v) is 19.3. The number of halogens is 1. The van der Waals surface area contributed by atoms with Crippen LogP contribution in [0, 0.1) is 12.7 Å². The van der Waals surface area contributed by atoms with Gasteiger partial charge in [0.05, 0.1) is 16.8 Å². The Balaban J connectivity index is 1.80. The summed E-state index contributed by atoms with van der Waals surface area (Å²) in [6, 6.07) is 18.4. The van der Waals surface area contributed by atoms with Crippen LogP contribution in [0.5, 0.6) is 5.75 Å². The number of rotatable bonds is 10. The van der Waals surface area contributed by atoms with Crippen molar-refractivity contribution in [2.24, 2.45) is 5.10 Å². The van der Waals surface area contributed by atoms with Crippen molar-refractivity contribution < 1.29 is 22.3 Å². The van der Waals surface area contributed by atoms with E-state index in [1.54, 1.807) is 42.5 Å². The van der Waals surface area contributed by atoms with Crippen molar-refractivity contribution in [3.05, 3.63) is 102 Å². The molecule has 9 heteroatoms. The van der Waals surface area contributed by atoms with Gasteiger partial charge in [0, 0.05) is 0 Å². The standard InChI is InChI=1S/C25H24FN3O4S/c1-3-15-33-21-8-6-7-20(16-21)17-27-28-25(30)18-29(24-10-5-4-9-23(24)26)34(31,32)22-13-11-19(2)12-14-22/h3-14,16-17H,1,15,18H2,2H3,(H,28,30)/b27-17-. The van der Waals surface area contributed by atoms with Gasteiger partial charge in [-0.15, -0.1) is 0 Å². The summed E-state index contributed by atoms with van der Waals surface area (Å²) in [5.41, 5.74) is 3.57. The third-order valence-electron chi connectivity index (χ3n) is 4.65. The van der Waals surface area contributed by atoms with Crippen molar-refractivity contribution >= 4 is 27.8 Å². The Bertz CT molecular complexity index is 1290. The minimum atomic E-state index is -4.22. The van der Waals surface area contributed by atoms with E-state index in [1.807, 2.05) is 6.92 Å². The SMILES string of the molecule is C=CCOc1cccc(/C=N\NC(=O)CN(c2ccccc2F)S(=O)(=O)c2ccc(C)cc2)c1. The lowest BCUT2D eigenvalue weighted by Crippen LogP contribution is -2.40. The molecule has 0 atom stereocenters. The van der Waals surface area contributed by atoms with Gasteiger partial charge in [0.15, 0.2) is 0 Å². The second-order valence-corrected chi connectivity index (χ2v) is 9.10. The van der Waals surface area contributed by atoms with Crippen LogP contribution in [-0.2, 0) is 14.8 Å². The molecular weight excluding hydrogens is 457 g/mol. The number of nitrogens with zero attached hydrogens (tertiary/aromatic N) is 2. The van der Waals surface area contributed by atoms with E-state index in [-0.39, 0.29) is 10.6 Å². The molecule has 3 aromatic carbocycles. The molecule has 0 saturated heterocycles. The van der Waals surface area contributed by atoms with Gasteiger partial charge in [-0.05, 0) is 48.9 Å². The Hall–Kier alpha value is -3.98. The Kier molecular flexibility index (Phi) is 8.15. The summed E-state index contributed by atoms with van der Waals surface area (Å²) >= 11 is 0. The molecule has 0 aromatic heterocycles. The summed E-state index contributed by atoms with van der Waals surface area (Å²) in [5, 5.41) is 3.88. The molecule has 1 N–H and O–H groups in total. The van der Waals surface area contributed by atoms with E-state index in [1.165, 1.54) is 36.5 Å². The molecule has 0 saturated carbocycles. The summed E-state index contributed by atoms with van der Waals surface area (Å²) in [4.78, 5) is 12.5. The number of ether oxygens (including phenoxy) is 1. The van der Waals surface area contributed by atoms with E-state index in [0.29, 0.717) is 17.9 Å². The number of anilines is 1. The van der Waals surface area contributed by atoms with E-state index >= 15 is 0 Å². The lowest BCUT2D eigenvalue weighted by atomic mass is 10.2. The van der Waals surface area contributed by atoms with Crippen molar-refractivity contribution in [3.8, 4) is 5.75 Å². The second kappa shape index (κ2) is 11.2. The first-order chi connectivity index (χ1) is 16.3. The first kappa shape index (κ1) is 24.7. The minimum absolute atomic E-state index is 0.0611. The third-order valence-corrected chi connectivity index (χ3v) is 6.42. The molecule has 1 amide bonds. The average Bonchev–Trinajstić information content (AvgIpc) is 2.82. The summed E-state index contributed by atoms with van der Waals surface area (Å²) in [6.45, 7) is 5.08. The van der Waals surface area contributed by atoms with Crippen molar-refractivity contribution in [2.75, 3.05) is 17.5 Å². The fourth-order valence-corrected chi connectivity index (χ4v) is 4.40. The van der Waals surface area contributed by atoms with Crippen molar-refractivity contribution in [1.29, 1.82) is 0 Å². The number of benzene rings is 3. The molecule has 0 heterocycles. The fraction of sp³-hybridized carbons (Fsp3) is 0.120. The molecular formula is C25H24FN3O4S. The highest BCUT2D eigenvalue weighted by molar-refractivity contribution is 7.92.